The summed E-state index contributed by atoms with van der Waals surface area (Å²) in [6.07, 6.45) is 1.42. The second-order valence-electron chi connectivity index (χ2n) is 6.68. The molecule has 4 rings (SSSR count). The third-order valence-corrected chi connectivity index (χ3v) is 7.06. The number of aromatic amines is 1. The van der Waals surface area contributed by atoms with Gasteiger partial charge in [-0.15, -0.1) is 11.3 Å². The van der Waals surface area contributed by atoms with Gasteiger partial charge in [-0.25, -0.2) is 22.5 Å². The van der Waals surface area contributed by atoms with Crippen molar-refractivity contribution in [1.82, 2.24) is 14.8 Å². The number of hydrogen-bond acceptors (Lipinski definition) is 7. The molecule has 4 aromatic rings. The average Bonchev–Trinajstić information content (AvgIpc) is 3.39. The Kier molecular flexibility index (Phi) is 5.55. The summed E-state index contributed by atoms with van der Waals surface area (Å²) in [6, 6.07) is 13.4. The highest BCUT2D eigenvalue weighted by Crippen LogP contribution is 2.33. The molecule has 2 aromatic carbocycles. The number of carbonyl (C=O) groups excluding carboxylic acids is 1. The van der Waals surface area contributed by atoms with Crippen LogP contribution in [0, 0.1) is 6.92 Å². The van der Waals surface area contributed by atoms with Crippen molar-refractivity contribution in [2.75, 3.05) is 15.4 Å². The lowest BCUT2D eigenvalue weighted by Crippen LogP contribution is -2.34. The summed E-state index contributed by atoms with van der Waals surface area (Å²) < 4.78 is 28.6. The molecular formula is C20H18N6O4S2. The van der Waals surface area contributed by atoms with Crippen LogP contribution in [0.2, 0.25) is 0 Å². The first-order chi connectivity index (χ1) is 15.3. The van der Waals surface area contributed by atoms with Gasteiger partial charge in [0.25, 0.3) is 10.0 Å². The van der Waals surface area contributed by atoms with Crippen LogP contribution >= 0.6 is 11.3 Å². The maximum Gasteiger partial charge on any atom is 0.348 e. The van der Waals surface area contributed by atoms with E-state index >= 15 is 0 Å². The first-order valence-corrected chi connectivity index (χ1v) is 11.6. The Morgan fingerprint density at radius 1 is 1.16 bits per heavy atom. The number of sulfonamides is 1. The van der Waals surface area contributed by atoms with Crippen LogP contribution in [0.4, 0.5) is 27.0 Å². The number of nitrogens with zero attached hydrogens (tertiary/aromatic N) is 3. The molecule has 12 heteroatoms. The Balaban J connectivity index is 1.82. The number of rotatable bonds is 5. The molecule has 0 atom stereocenters. The molecule has 0 bridgehead atoms. The average molecular weight is 471 g/mol. The van der Waals surface area contributed by atoms with E-state index in [2.05, 4.69) is 15.4 Å². The predicted octanol–water partition coefficient (Wildman–Crippen LogP) is 3.13. The van der Waals surface area contributed by atoms with E-state index < -0.39 is 21.6 Å². The molecule has 10 nitrogen and oxygen atoms in total. The van der Waals surface area contributed by atoms with Gasteiger partial charge in [-0.1, -0.05) is 18.2 Å². The number of thiazole rings is 1. The third-order valence-electron chi connectivity index (χ3n) is 4.48. The number of para-hydroxylation sites is 1. The molecule has 0 fully saturated rings. The summed E-state index contributed by atoms with van der Waals surface area (Å²) in [6.45, 7) is 1.50. The van der Waals surface area contributed by atoms with Crippen molar-refractivity contribution >= 4 is 49.6 Å². The number of benzene rings is 2. The second-order valence-corrected chi connectivity index (χ2v) is 9.34. The van der Waals surface area contributed by atoms with Gasteiger partial charge in [-0.2, -0.15) is 4.68 Å². The van der Waals surface area contributed by atoms with Crippen molar-refractivity contribution < 1.29 is 13.2 Å². The molecule has 2 heterocycles. The molecule has 4 N–H and O–H groups in total. The predicted molar refractivity (Wildman–Crippen MR) is 123 cm³/mol. The quantitative estimate of drug-likeness (QED) is 0.382. The molecule has 2 aromatic heterocycles. The number of aromatic nitrogens is 3. The molecule has 1 amide bonds. The molecule has 0 saturated heterocycles. The van der Waals surface area contributed by atoms with Crippen molar-refractivity contribution in [1.29, 1.82) is 0 Å². The maximum absolute atomic E-state index is 13.5. The summed E-state index contributed by atoms with van der Waals surface area (Å²) in [7, 11) is -4.25. The van der Waals surface area contributed by atoms with E-state index in [1.54, 1.807) is 35.7 Å². The van der Waals surface area contributed by atoms with Gasteiger partial charge < -0.3 is 11.1 Å². The minimum absolute atomic E-state index is 0.0524. The van der Waals surface area contributed by atoms with Crippen molar-refractivity contribution in [2.24, 2.45) is 0 Å². The van der Waals surface area contributed by atoms with E-state index in [1.165, 1.54) is 37.4 Å². The number of nitrogens with two attached hydrogens (primary N) is 1. The number of aryl methyl sites for hydroxylation is 1. The van der Waals surface area contributed by atoms with Crippen molar-refractivity contribution in [3.8, 4) is 0 Å². The number of amides is 1. The number of carbonyl (C=O) groups is 1. The monoisotopic (exact) mass is 470 g/mol. The second kappa shape index (κ2) is 8.32. The van der Waals surface area contributed by atoms with E-state index in [-0.39, 0.29) is 21.4 Å². The summed E-state index contributed by atoms with van der Waals surface area (Å²) in [5, 5.41) is 6.88. The zero-order valence-corrected chi connectivity index (χ0v) is 18.4. The molecule has 164 valence electrons. The minimum Gasteiger partial charge on any atom is -0.399 e. The summed E-state index contributed by atoms with van der Waals surface area (Å²) in [4.78, 5) is 29.9. The SMILES string of the molecule is Cc1[nH]n(C(=O)Nc2ccccc2)c(=O)c1N(c1nccs1)S(=O)(=O)c1ccc(N)cc1. The van der Waals surface area contributed by atoms with E-state index in [9.17, 15) is 18.0 Å². The first-order valence-electron chi connectivity index (χ1n) is 9.27. The Hall–Kier alpha value is -3.90. The maximum atomic E-state index is 13.5. The Morgan fingerprint density at radius 2 is 1.84 bits per heavy atom. The zero-order chi connectivity index (χ0) is 22.9. The molecular weight excluding hydrogens is 452 g/mol. The van der Waals surface area contributed by atoms with Crippen LogP contribution in [-0.2, 0) is 10.0 Å². The van der Waals surface area contributed by atoms with Crippen LogP contribution in [0.1, 0.15) is 5.69 Å². The van der Waals surface area contributed by atoms with Gasteiger partial charge in [0.15, 0.2) is 0 Å². The number of nitrogen functional groups attached to an aromatic ring is 1. The van der Waals surface area contributed by atoms with Crippen molar-refractivity contribution in [3.05, 3.63) is 82.2 Å². The molecule has 0 aliphatic carbocycles. The third kappa shape index (κ3) is 3.88. The van der Waals surface area contributed by atoms with Crippen LogP contribution < -0.4 is 20.9 Å². The molecule has 32 heavy (non-hydrogen) atoms. The van der Waals surface area contributed by atoms with Gasteiger partial charge in [-0.3, -0.25) is 9.89 Å². The van der Waals surface area contributed by atoms with Gasteiger partial charge in [0.1, 0.15) is 5.69 Å². The molecule has 0 unspecified atom stereocenters. The Labute approximate surface area is 187 Å². The summed E-state index contributed by atoms with van der Waals surface area (Å²) in [5.74, 6) is 0. The smallest absolute Gasteiger partial charge is 0.348 e. The van der Waals surface area contributed by atoms with E-state index in [1.807, 2.05) is 0 Å². The normalized spacial score (nSPS) is 11.3. The number of H-pyrrole nitrogens is 1. The van der Waals surface area contributed by atoms with Crippen molar-refractivity contribution in [3.63, 3.8) is 0 Å². The van der Waals surface area contributed by atoms with Crippen LogP contribution in [0.5, 0.6) is 0 Å². The molecule has 0 radical (unpaired) electrons. The topological polar surface area (TPSA) is 143 Å². The van der Waals surface area contributed by atoms with Crippen LogP contribution in [0.3, 0.4) is 0 Å². The van der Waals surface area contributed by atoms with E-state index in [4.69, 9.17) is 5.73 Å². The van der Waals surface area contributed by atoms with E-state index in [0.29, 0.717) is 11.4 Å². The Bertz CT molecular complexity index is 1410. The van der Waals surface area contributed by atoms with E-state index in [0.717, 1.165) is 20.3 Å². The van der Waals surface area contributed by atoms with Crippen LogP contribution in [-0.4, -0.2) is 29.2 Å². The largest absolute Gasteiger partial charge is 0.399 e. The highest BCUT2D eigenvalue weighted by atomic mass is 32.2. The molecule has 0 aliphatic heterocycles. The highest BCUT2D eigenvalue weighted by molar-refractivity contribution is 7.93. The fourth-order valence-electron chi connectivity index (χ4n) is 3.00. The minimum atomic E-state index is -4.25. The molecule has 0 spiro atoms. The van der Waals surface area contributed by atoms with Gasteiger partial charge in [0, 0.05) is 23.0 Å². The zero-order valence-electron chi connectivity index (χ0n) is 16.7. The highest BCUT2D eigenvalue weighted by Gasteiger charge is 2.34. The standard InChI is InChI=1S/C20H18N6O4S2/c1-13-17(18(27)25(24-13)19(28)23-15-5-3-2-4-6-15)26(20-22-11-12-31-20)32(29,30)16-9-7-14(21)8-10-16/h2-12,24H,21H2,1H3,(H,23,28). The number of nitrogens with one attached hydrogen (secondary N) is 2. The van der Waals surface area contributed by atoms with Gasteiger partial charge in [0.2, 0.25) is 5.13 Å². The van der Waals surface area contributed by atoms with Gasteiger partial charge >= 0.3 is 11.6 Å². The number of anilines is 4. The van der Waals surface area contributed by atoms with Gasteiger partial charge in [0.05, 0.1) is 10.6 Å². The summed E-state index contributed by atoms with van der Waals surface area (Å²) in [5.41, 5.74) is 5.64. The lowest BCUT2D eigenvalue weighted by molar-refractivity contribution is 0.250. The molecule has 0 aliphatic rings. The van der Waals surface area contributed by atoms with Crippen LogP contribution in [0.15, 0.2) is 75.9 Å². The Morgan fingerprint density at radius 3 is 2.47 bits per heavy atom. The first kappa shape index (κ1) is 21.3. The number of hydrogen-bond donors (Lipinski definition) is 3. The lowest BCUT2D eigenvalue weighted by atomic mass is 10.3. The summed E-state index contributed by atoms with van der Waals surface area (Å²) >= 11 is 1.04. The lowest BCUT2D eigenvalue weighted by Gasteiger charge is -2.20. The van der Waals surface area contributed by atoms with Gasteiger partial charge in [-0.05, 0) is 43.3 Å². The molecule has 0 saturated carbocycles. The van der Waals surface area contributed by atoms with Crippen LogP contribution in [0.25, 0.3) is 0 Å². The fraction of sp³-hybridized carbons (Fsp3) is 0.0500. The fourth-order valence-corrected chi connectivity index (χ4v) is 5.38. The van der Waals surface area contributed by atoms with Crippen molar-refractivity contribution in [2.45, 2.75) is 11.8 Å².